The molecule has 4 nitrogen and oxygen atoms in total. The highest BCUT2D eigenvalue weighted by atomic mass is 15.2. The summed E-state index contributed by atoms with van der Waals surface area (Å²) in [6.07, 6.45) is 8.90. The van der Waals surface area contributed by atoms with Crippen LogP contribution in [-0.4, -0.2) is 55.2 Å². The SMILES string of the molecule is CN1CCC(NC2CCN(c3ccncc3)CC2)CC1. The number of piperidine rings is 2. The lowest BCUT2D eigenvalue weighted by atomic mass is 9.99. The van der Waals surface area contributed by atoms with Crippen molar-refractivity contribution in [1.82, 2.24) is 15.2 Å². The van der Waals surface area contributed by atoms with E-state index in [2.05, 4.69) is 39.3 Å². The van der Waals surface area contributed by atoms with Crippen molar-refractivity contribution in [3.8, 4) is 0 Å². The van der Waals surface area contributed by atoms with Gasteiger partial charge in [-0.2, -0.15) is 0 Å². The number of anilines is 1. The smallest absolute Gasteiger partial charge is 0.0397 e. The van der Waals surface area contributed by atoms with Gasteiger partial charge in [0.05, 0.1) is 0 Å². The van der Waals surface area contributed by atoms with Crippen molar-refractivity contribution in [3.63, 3.8) is 0 Å². The van der Waals surface area contributed by atoms with Crippen molar-refractivity contribution in [2.45, 2.75) is 37.8 Å². The molecular weight excluding hydrogens is 248 g/mol. The van der Waals surface area contributed by atoms with Gasteiger partial charge >= 0.3 is 0 Å². The van der Waals surface area contributed by atoms with Crippen LogP contribution in [0.4, 0.5) is 5.69 Å². The summed E-state index contributed by atoms with van der Waals surface area (Å²) >= 11 is 0. The van der Waals surface area contributed by atoms with Crippen LogP contribution in [0.1, 0.15) is 25.7 Å². The Bertz CT molecular complexity index is 392. The minimum absolute atomic E-state index is 0.710. The topological polar surface area (TPSA) is 31.4 Å². The second-order valence-electron chi connectivity index (χ2n) is 6.21. The molecule has 0 aromatic carbocycles. The summed E-state index contributed by atoms with van der Waals surface area (Å²) in [5.74, 6) is 0. The van der Waals surface area contributed by atoms with Gasteiger partial charge in [-0.3, -0.25) is 4.98 Å². The summed E-state index contributed by atoms with van der Waals surface area (Å²) in [6.45, 7) is 4.81. The third kappa shape index (κ3) is 3.49. The molecule has 0 spiro atoms. The zero-order valence-electron chi connectivity index (χ0n) is 12.5. The normalized spacial score (nSPS) is 23.1. The van der Waals surface area contributed by atoms with Gasteiger partial charge in [0.25, 0.3) is 0 Å². The van der Waals surface area contributed by atoms with E-state index < -0.39 is 0 Å². The van der Waals surface area contributed by atoms with Crippen molar-refractivity contribution in [1.29, 1.82) is 0 Å². The van der Waals surface area contributed by atoms with Crippen molar-refractivity contribution in [2.75, 3.05) is 38.1 Å². The second-order valence-corrected chi connectivity index (χ2v) is 6.21. The van der Waals surface area contributed by atoms with E-state index in [0.717, 1.165) is 19.1 Å². The molecule has 0 unspecified atom stereocenters. The number of nitrogens with zero attached hydrogens (tertiary/aromatic N) is 3. The van der Waals surface area contributed by atoms with E-state index in [1.165, 1.54) is 44.5 Å². The Hall–Kier alpha value is -1.13. The number of hydrogen-bond acceptors (Lipinski definition) is 4. The maximum atomic E-state index is 4.10. The fourth-order valence-corrected chi connectivity index (χ4v) is 3.37. The average Bonchev–Trinajstić information content (AvgIpc) is 2.51. The van der Waals surface area contributed by atoms with Crippen LogP contribution < -0.4 is 10.2 Å². The molecule has 3 heterocycles. The predicted molar refractivity (Wildman–Crippen MR) is 83.1 cm³/mol. The molecule has 2 aliphatic rings. The third-order valence-electron chi connectivity index (χ3n) is 4.71. The zero-order valence-corrected chi connectivity index (χ0v) is 12.5. The summed E-state index contributed by atoms with van der Waals surface area (Å²) in [4.78, 5) is 9.01. The molecule has 110 valence electrons. The molecule has 0 radical (unpaired) electrons. The number of pyridine rings is 1. The van der Waals surface area contributed by atoms with Gasteiger partial charge in [-0.25, -0.2) is 0 Å². The third-order valence-corrected chi connectivity index (χ3v) is 4.71. The zero-order chi connectivity index (χ0) is 13.8. The van der Waals surface area contributed by atoms with Crippen LogP contribution in [0.25, 0.3) is 0 Å². The molecule has 0 saturated carbocycles. The quantitative estimate of drug-likeness (QED) is 0.909. The summed E-state index contributed by atoms with van der Waals surface area (Å²) in [5, 5.41) is 3.88. The average molecular weight is 274 g/mol. The Morgan fingerprint density at radius 2 is 1.50 bits per heavy atom. The number of nitrogens with one attached hydrogen (secondary N) is 1. The summed E-state index contributed by atoms with van der Waals surface area (Å²) in [7, 11) is 2.23. The van der Waals surface area contributed by atoms with E-state index in [1.54, 1.807) is 0 Å². The molecule has 1 aromatic heterocycles. The monoisotopic (exact) mass is 274 g/mol. The highest BCUT2D eigenvalue weighted by Crippen LogP contribution is 2.20. The van der Waals surface area contributed by atoms with Crippen molar-refractivity contribution in [2.24, 2.45) is 0 Å². The molecule has 2 fully saturated rings. The van der Waals surface area contributed by atoms with E-state index in [-0.39, 0.29) is 0 Å². The maximum absolute atomic E-state index is 4.10. The first-order chi connectivity index (χ1) is 9.81. The molecule has 0 aliphatic carbocycles. The van der Waals surface area contributed by atoms with Gasteiger partial charge in [0, 0.05) is 43.3 Å². The fourth-order valence-electron chi connectivity index (χ4n) is 3.37. The van der Waals surface area contributed by atoms with Crippen LogP contribution in [0, 0.1) is 0 Å². The molecule has 20 heavy (non-hydrogen) atoms. The van der Waals surface area contributed by atoms with Gasteiger partial charge in [-0.15, -0.1) is 0 Å². The van der Waals surface area contributed by atoms with Gasteiger partial charge in [0.2, 0.25) is 0 Å². The minimum atomic E-state index is 0.710. The predicted octanol–water partition coefficient (Wildman–Crippen LogP) is 1.73. The molecule has 1 aromatic rings. The Balaban J connectivity index is 1.44. The summed E-state index contributed by atoms with van der Waals surface area (Å²) in [5.41, 5.74) is 1.32. The van der Waals surface area contributed by atoms with Crippen molar-refractivity contribution >= 4 is 5.69 Å². The van der Waals surface area contributed by atoms with Crippen LogP contribution in [-0.2, 0) is 0 Å². The molecule has 0 bridgehead atoms. The van der Waals surface area contributed by atoms with Crippen LogP contribution >= 0.6 is 0 Å². The molecule has 0 amide bonds. The summed E-state index contributed by atoms with van der Waals surface area (Å²) < 4.78 is 0. The molecular formula is C16H26N4. The summed E-state index contributed by atoms with van der Waals surface area (Å²) in [6, 6.07) is 5.68. The number of aromatic nitrogens is 1. The van der Waals surface area contributed by atoms with Gasteiger partial charge < -0.3 is 15.1 Å². The highest BCUT2D eigenvalue weighted by Gasteiger charge is 2.23. The lowest BCUT2D eigenvalue weighted by molar-refractivity contribution is 0.217. The molecule has 1 N–H and O–H groups in total. The molecule has 3 rings (SSSR count). The molecule has 2 aliphatic heterocycles. The Kier molecular flexibility index (Phi) is 4.53. The minimum Gasteiger partial charge on any atom is -0.371 e. The first-order valence-electron chi connectivity index (χ1n) is 7.91. The Morgan fingerprint density at radius 1 is 0.950 bits per heavy atom. The fraction of sp³-hybridized carbons (Fsp3) is 0.688. The Morgan fingerprint density at radius 3 is 2.10 bits per heavy atom. The molecule has 4 heteroatoms. The maximum Gasteiger partial charge on any atom is 0.0397 e. The van der Waals surface area contributed by atoms with Gasteiger partial charge in [-0.1, -0.05) is 0 Å². The number of likely N-dealkylation sites (tertiary alicyclic amines) is 1. The number of hydrogen-bond donors (Lipinski definition) is 1. The van der Waals surface area contributed by atoms with Crippen molar-refractivity contribution < 1.29 is 0 Å². The lowest BCUT2D eigenvalue weighted by Gasteiger charge is -2.37. The lowest BCUT2D eigenvalue weighted by Crippen LogP contribution is -2.49. The van der Waals surface area contributed by atoms with Gasteiger partial charge in [0.15, 0.2) is 0 Å². The largest absolute Gasteiger partial charge is 0.371 e. The molecule has 2 saturated heterocycles. The van der Waals surface area contributed by atoms with Crippen LogP contribution in [0.15, 0.2) is 24.5 Å². The first kappa shape index (κ1) is 13.8. The van der Waals surface area contributed by atoms with Crippen LogP contribution in [0.3, 0.4) is 0 Å². The van der Waals surface area contributed by atoms with Crippen molar-refractivity contribution in [3.05, 3.63) is 24.5 Å². The second kappa shape index (κ2) is 6.55. The van der Waals surface area contributed by atoms with E-state index >= 15 is 0 Å². The van der Waals surface area contributed by atoms with E-state index in [1.807, 2.05) is 12.4 Å². The van der Waals surface area contributed by atoms with Gasteiger partial charge in [0.1, 0.15) is 0 Å². The highest BCUT2D eigenvalue weighted by molar-refractivity contribution is 5.44. The number of rotatable bonds is 3. The standard InChI is InChI=1S/C16H26N4/c1-19-10-4-14(5-11-19)18-15-6-12-20(13-7-15)16-2-8-17-9-3-16/h2-3,8-9,14-15,18H,4-7,10-13H2,1H3. The molecule has 0 atom stereocenters. The van der Waals surface area contributed by atoms with E-state index in [9.17, 15) is 0 Å². The van der Waals surface area contributed by atoms with E-state index in [0.29, 0.717) is 6.04 Å². The van der Waals surface area contributed by atoms with Crippen LogP contribution in [0.2, 0.25) is 0 Å². The van der Waals surface area contributed by atoms with Gasteiger partial charge in [-0.05, 0) is 58.0 Å². The first-order valence-corrected chi connectivity index (χ1v) is 7.91. The van der Waals surface area contributed by atoms with Crippen LogP contribution in [0.5, 0.6) is 0 Å². The van der Waals surface area contributed by atoms with E-state index in [4.69, 9.17) is 0 Å². The Labute approximate surface area is 122 Å².